The lowest BCUT2D eigenvalue weighted by atomic mass is 10.1. The number of carbonyl (C=O) groups excluding carboxylic acids is 1. The van der Waals surface area contributed by atoms with Crippen molar-refractivity contribution in [3.8, 4) is 0 Å². The molecule has 0 aliphatic rings. The number of rotatable bonds is 5. The van der Waals surface area contributed by atoms with Crippen molar-refractivity contribution in [3.63, 3.8) is 0 Å². The average molecular weight is 428 g/mol. The summed E-state index contributed by atoms with van der Waals surface area (Å²) >= 11 is 0. The minimum Gasteiger partial charge on any atom is -0.440 e. The smallest absolute Gasteiger partial charge is 0.254 e. The van der Waals surface area contributed by atoms with Crippen LogP contribution in [-0.2, 0) is 13.0 Å². The van der Waals surface area contributed by atoms with Gasteiger partial charge in [-0.3, -0.25) is 4.79 Å². The van der Waals surface area contributed by atoms with Gasteiger partial charge in [-0.1, -0.05) is 24.3 Å². The quantitative estimate of drug-likeness (QED) is 0.404. The Labute approximate surface area is 183 Å². The van der Waals surface area contributed by atoms with E-state index in [1.807, 2.05) is 35.7 Å². The molecular formula is C25H21FN4O2. The summed E-state index contributed by atoms with van der Waals surface area (Å²) in [6.45, 7) is 2.36. The molecule has 0 N–H and O–H groups in total. The molecule has 0 atom stereocenters. The third kappa shape index (κ3) is 3.62. The number of pyridine rings is 1. The standard InChI is InChI=1S/C25H21FN4O2/c1-16-21(30-12-6-5-9-23(30)27-16)15-29(2)25(31)18-10-11-20-22(13-18)32-24(28-20)14-17-7-3-4-8-19(17)26/h3-13H,14-15H2,1-2H3. The summed E-state index contributed by atoms with van der Waals surface area (Å²) in [5, 5.41) is 0. The van der Waals surface area contributed by atoms with E-state index in [1.54, 1.807) is 48.3 Å². The van der Waals surface area contributed by atoms with E-state index in [-0.39, 0.29) is 18.1 Å². The normalized spacial score (nSPS) is 11.3. The third-order valence-corrected chi connectivity index (χ3v) is 5.54. The van der Waals surface area contributed by atoms with Gasteiger partial charge in [-0.25, -0.2) is 14.4 Å². The molecule has 1 amide bonds. The van der Waals surface area contributed by atoms with Gasteiger partial charge < -0.3 is 13.7 Å². The summed E-state index contributed by atoms with van der Waals surface area (Å²) in [6, 6.07) is 17.5. The number of amides is 1. The van der Waals surface area contributed by atoms with Gasteiger partial charge in [-0.2, -0.15) is 0 Å². The highest BCUT2D eigenvalue weighted by molar-refractivity contribution is 5.96. The first-order chi connectivity index (χ1) is 15.5. The van der Waals surface area contributed by atoms with Gasteiger partial charge in [0.1, 0.15) is 17.0 Å². The highest BCUT2D eigenvalue weighted by Gasteiger charge is 2.18. The molecule has 5 rings (SSSR count). The number of aryl methyl sites for hydroxylation is 1. The van der Waals surface area contributed by atoms with Crippen LogP contribution in [0.1, 0.15) is 33.2 Å². The number of nitrogens with zero attached hydrogens (tertiary/aromatic N) is 4. The van der Waals surface area contributed by atoms with E-state index in [4.69, 9.17) is 4.42 Å². The van der Waals surface area contributed by atoms with Crippen LogP contribution >= 0.6 is 0 Å². The molecule has 0 fully saturated rings. The van der Waals surface area contributed by atoms with Crippen molar-refractivity contribution in [1.29, 1.82) is 0 Å². The molecule has 0 bridgehead atoms. The van der Waals surface area contributed by atoms with Crippen LogP contribution in [0.2, 0.25) is 0 Å². The van der Waals surface area contributed by atoms with Gasteiger partial charge in [0, 0.05) is 18.8 Å². The Morgan fingerprint density at radius 1 is 1.09 bits per heavy atom. The summed E-state index contributed by atoms with van der Waals surface area (Å²) in [7, 11) is 1.76. The number of imidazole rings is 1. The number of halogens is 1. The summed E-state index contributed by atoms with van der Waals surface area (Å²) in [5.74, 6) is -0.0245. The summed E-state index contributed by atoms with van der Waals surface area (Å²) in [5.41, 5.74) is 4.85. The van der Waals surface area contributed by atoms with Gasteiger partial charge in [-0.05, 0) is 48.9 Å². The van der Waals surface area contributed by atoms with Crippen molar-refractivity contribution in [1.82, 2.24) is 19.3 Å². The maximum atomic E-state index is 13.9. The van der Waals surface area contributed by atoms with E-state index in [0.717, 1.165) is 17.0 Å². The number of hydrogen-bond acceptors (Lipinski definition) is 4. The first kappa shape index (κ1) is 19.9. The lowest BCUT2D eigenvalue weighted by Crippen LogP contribution is -2.27. The second kappa shape index (κ2) is 7.92. The lowest BCUT2D eigenvalue weighted by Gasteiger charge is -2.17. The van der Waals surface area contributed by atoms with E-state index < -0.39 is 0 Å². The first-order valence-corrected chi connectivity index (χ1v) is 10.3. The van der Waals surface area contributed by atoms with Crippen molar-refractivity contribution in [2.24, 2.45) is 0 Å². The van der Waals surface area contributed by atoms with Crippen molar-refractivity contribution >= 4 is 22.7 Å². The Bertz CT molecular complexity index is 1450. The zero-order chi connectivity index (χ0) is 22.2. The molecule has 0 unspecified atom stereocenters. The van der Waals surface area contributed by atoms with E-state index in [9.17, 15) is 9.18 Å². The molecule has 0 radical (unpaired) electrons. The summed E-state index contributed by atoms with van der Waals surface area (Å²) < 4.78 is 21.8. The number of oxazole rings is 1. The van der Waals surface area contributed by atoms with Crippen LogP contribution in [0, 0.1) is 12.7 Å². The molecule has 3 aromatic heterocycles. The zero-order valence-electron chi connectivity index (χ0n) is 17.7. The van der Waals surface area contributed by atoms with Crippen LogP contribution in [-0.4, -0.2) is 32.2 Å². The summed E-state index contributed by atoms with van der Waals surface area (Å²) in [6.07, 6.45) is 2.19. The molecule has 3 heterocycles. The molecular weight excluding hydrogens is 407 g/mol. The molecule has 7 heteroatoms. The number of fused-ring (bicyclic) bond motifs is 2. The van der Waals surface area contributed by atoms with Crippen molar-refractivity contribution in [2.45, 2.75) is 19.9 Å². The van der Waals surface area contributed by atoms with Crippen LogP contribution in [0.4, 0.5) is 4.39 Å². The minimum atomic E-state index is -0.296. The van der Waals surface area contributed by atoms with Crippen LogP contribution in [0.15, 0.2) is 71.3 Å². The van der Waals surface area contributed by atoms with Gasteiger partial charge in [-0.15, -0.1) is 0 Å². The maximum Gasteiger partial charge on any atom is 0.254 e. The topological polar surface area (TPSA) is 63.6 Å². The Kier molecular flexibility index (Phi) is 4.93. The van der Waals surface area contributed by atoms with Crippen molar-refractivity contribution in [2.75, 3.05) is 7.05 Å². The van der Waals surface area contributed by atoms with E-state index >= 15 is 0 Å². The monoisotopic (exact) mass is 428 g/mol. The van der Waals surface area contributed by atoms with Gasteiger partial charge in [0.2, 0.25) is 0 Å². The number of hydrogen-bond donors (Lipinski definition) is 0. The van der Waals surface area contributed by atoms with Crippen LogP contribution in [0.3, 0.4) is 0 Å². The molecule has 6 nitrogen and oxygen atoms in total. The maximum absolute atomic E-state index is 13.9. The molecule has 32 heavy (non-hydrogen) atoms. The molecule has 2 aromatic carbocycles. The second-order valence-corrected chi connectivity index (χ2v) is 7.79. The van der Waals surface area contributed by atoms with Gasteiger partial charge >= 0.3 is 0 Å². The lowest BCUT2D eigenvalue weighted by molar-refractivity contribution is 0.0783. The molecule has 5 aromatic rings. The van der Waals surface area contributed by atoms with Crippen molar-refractivity contribution < 1.29 is 13.6 Å². The molecule has 0 aliphatic heterocycles. The fourth-order valence-corrected chi connectivity index (χ4v) is 3.86. The number of aromatic nitrogens is 3. The largest absolute Gasteiger partial charge is 0.440 e. The Morgan fingerprint density at radius 2 is 1.91 bits per heavy atom. The van der Waals surface area contributed by atoms with Gasteiger partial charge in [0.15, 0.2) is 11.5 Å². The average Bonchev–Trinajstić information content (AvgIpc) is 3.34. The highest BCUT2D eigenvalue weighted by atomic mass is 19.1. The van der Waals surface area contributed by atoms with Crippen LogP contribution in [0.5, 0.6) is 0 Å². The van der Waals surface area contributed by atoms with Crippen LogP contribution in [0.25, 0.3) is 16.7 Å². The molecule has 0 aliphatic carbocycles. The van der Waals surface area contributed by atoms with Crippen molar-refractivity contribution in [3.05, 3.63) is 101 Å². The SMILES string of the molecule is Cc1nc2ccccn2c1CN(C)C(=O)c1ccc2nc(Cc3ccccc3F)oc2c1. The molecule has 0 saturated carbocycles. The highest BCUT2D eigenvalue weighted by Crippen LogP contribution is 2.22. The number of benzene rings is 2. The van der Waals surface area contributed by atoms with Gasteiger partial charge in [0.05, 0.1) is 24.4 Å². The fourth-order valence-electron chi connectivity index (χ4n) is 3.86. The fraction of sp³-hybridized carbons (Fsp3) is 0.160. The Hall–Kier alpha value is -4.00. The Balaban J connectivity index is 1.38. The molecule has 160 valence electrons. The van der Waals surface area contributed by atoms with E-state index in [0.29, 0.717) is 34.7 Å². The minimum absolute atomic E-state index is 0.135. The molecule has 0 spiro atoms. The third-order valence-electron chi connectivity index (χ3n) is 5.54. The Morgan fingerprint density at radius 3 is 2.75 bits per heavy atom. The summed E-state index contributed by atoms with van der Waals surface area (Å²) in [4.78, 5) is 23.7. The van der Waals surface area contributed by atoms with Crippen LogP contribution < -0.4 is 0 Å². The first-order valence-electron chi connectivity index (χ1n) is 10.3. The molecule has 0 saturated heterocycles. The van der Waals surface area contributed by atoms with E-state index in [1.165, 1.54) is 6.07 Å². The predicted molar refractivity (Wildman–Crippen MR) is 119 cm³/mol. The second-order valence-electron chi connectivity index (χ2n) is 7.79. The van der Waals surface area contributed by atoms with Gasteiger partial charge in [0.25, 0.3) is 5.91 Å². The van der Waals surface area contributed by atoms with E-state index in [2.05, 4.69) is 9.97 Å². The predicted octanol–water partition coefficient (Wildman–Crippen LogP) is 4.79. The zero-order valence-corrected chi connectivity index (χ0v) is 17.7. The number of carbonyl (C=O) groups is 1.